The molecule has 0 atom stereocenters. The molecule has 0 aliphatic rings. The number of carbonyl (C=O) groups excluding carboxylic acids is 4. The summed E-state index contributed by atoms with van der Waals surface area (Å²) in [6.45, 7) is 9.42. The lowest BCUT2D eigenvalue weighted by molar-refractivity contribution is 0.101. The van der Waals surface area contributed by atoms with E-state index < -0.39 is 29.3 Å². The van der Waals surface area contributed by atoms with Crippen molar-refractivity contribution >= 4 is 123 Å². The highest BCUT2D eigenvalue weighted by atomic mass is 79.9. The summed E-state index contributed by atoms with van der Waals surface area (Å²) in [7, 11) is 4.65. The van der Waals surface area contributed by atoms with Crippen LogP contribution in [0.2, 0.25) is 0 Å². The lowest BCUT2D eigenvalue weighted by atomic mass is 10.1. The van der Waals surface area contributed by atoms with Crippen LogP contribution in [0.25, 0.3) is 0 Å². The Labute approximate surface area is 402 Å². The molecule has 3 aromatic carbocycles. The van der Waals surface area contributed by atoms with Gasteiger partial charge >= 0.3 is 6.03 Å². The average Bonchev–Trinajstić information content (AvgIpc) is 3.98. The number of aryl methyl sites for hydroxylation is 3. The first kappa shape index (κ1) is 52.1. The summed E-state index contributed by atoms with van der Waals surface area (Å²) in [5, 5.41) is 39.2. The van der Waals surface area contributed by atoms with E-state index in [9.17, 15) is 32.3 Å². The van der Waals surface area contributed by atoms with Gasteiger partial charge in [0.05, 0.1) is 28.1 Å². The number of aromatic nitrogens is 12. The fraction of sp³-hybridized carbons (Fsp3) is 0.278. The van der Waals surface area contributed by atoms with Gasteiger partial charge in [0.1, 0.15) is 22.6 Å². The molecule has 23 nitrogen and oxygen atoms in total. The standard InChI is InChI=1S/C15H19BrFN7O2.C11H7BrClFN6O.C10H10BrFN6O/c1-5-24(6-2)15(26)18-12-8(3)11(10(17)7-9(12)16)13(25)19-14-20-21-22-23(14)4;1-5-8(7(14)3-6(12)9(5)15-4-21)10(13)16-11-17-18-19-20(11)2;1-4-7(6(12)3-5(11)8(4)13)9(19)14-10-15-16-17-18(10)2/h7H,5-6H2,1-4H3,(H,18,26)(H,19,20,22,25);3H,1-2H3;3H,13H2,1-2H3,(H,14,15,17,19). The number of halogens is 7. The van der Waals surface area contributed by atoms with E-state index in [-0.39, 0.29) is 57.0 Å². The number of nitrogens with zero attached hydrogens (tertiary/aromatic N) is 15. The van der Waals surface area contributed by atoms with Crippen molar-refractivity contribution in [2.45, 2.75) is 34.6 Å². The molecule has 3 heterocycles. The van der Waals surface area contributed by atoms with Crippen LogP contribution < -0.4 is 21.7 Å². The molecule has 4 amide bonds. The molecule has 5 N–H and O–H groups in total. The maximum absolute atomic E-state index is 14.4. The van der Waals surface area contributed by atoms with Gasteiger partial charge < -0.3 is 16.0 Å². The van der Waals surface area contributed by atoms with Crippen LogP contribution in [-0.4, -0.2) is 108 Å². The van der Waals surface area contributed by atoms with E-state index in [4.69, 9.17) is 17.3 Å². The number of hydrogen-bond donors (Lipinski definition) is 4. The number of isocyanates is 1. The van der Waals surface area contributed by atoms with Crippen molar-refractivity contribution in [3.8, 4) is 0 Å². The molecule has 0 spiro atoms. The van der Waals surface area contributed by atoms with Crippen LogP contribution in [0.5, 0.6) is 0 Å². The summed E-state index contributed by atoms with van der Waals surface area (Å²) in [5.74, 6) is -3.10. The highest BCUT2D eigenvalue weighted by Crippen LogP contribution is 2.35. The number of amides is 4. The van der Waals surface area contributed by atoms with E-state index in [2.05, 4.69) is 120 Å². The molecule has 0 aliphatic carbocycles. The zero-order valence-electron chi connectivity index (χ0n) is 35.7. The molecule has 0 radical (unpaired) electrons. The zero-order valence-corrected chi connectivity index (χ0v) is 41.2. The molecule has 6 aromatic rings. The summed E-state index contributed by atoms with van der Waals surface area (Å²) in [6, 6.07) is 3.08. The van der Waals surface area contributed by atoms with Gasteiger partial charge in [-0.15, -0.1) is 0 Å². The number of nitrogens with one attached hydrogen (secondary N) is 3. The number of urea groups is 1. The molecule has 0 unspecified atom stereocenters. The normalized spacial score (nSPS) is 10.8. The van der Waals surface area contributed by atoms with Gasteiger partial charge in [0.2, 0.25) is 18.0 Å². The minimum atomic E-state index is -0.733. The monoisotopic (exact) mass is 1130 g/mol. The Hall–Kier alpha value is -6.55. The predicted octanol–water partition coefficient (Wildman–Crippen LogP) is 6.51. The maximum atomic E-state index is 14.4. The smallest absolute Gasteiger partial charge is 0.321 e. The van der Waals surface area contributed by atoms with Gasteiger partial charge in [0, 0.05) is 53.3 Å². The summed E-state index contributed by atoms with van der Waals surface area (Å²) < 4.78 is 47.2. The molecule has 6 rings (SSSR count). The highest BCUT2D eigenvalue weighted by Gasteiger charge is 2.24. The SMILES string of the molecule is CCN(CC)C(=O)Nc1c(Br)cc(F)c(C(=O)Nc2nnnn2C)c1C.Cc1c(N)c(Br)cc(F)c1C(=O)Nc1nnnn1C.Cc1c(N=C=O)c(Br)cc(F)c1C(Cl)=Nc1nnnn1C. The van der Waals surface area contributed by atoms with Crippen molar-refractivity contribution in [2.75, 3.05) is 34.8 Å². The first-order valence-corrected chi connectivity index (χ1v) is 21.3. The number of hydrogen-bond acceptors (Lipinski definition) is 16. The van der Waals surface area contributed by atoms with Gasteiger partial charge in [0.25, 0.3) is 17.8 Å². The summed E-state index contributed by atoms with van der Waals surface area (Å²) >= 11 is 15.5. The van der Waals surface area contributed by atoms with Crippen LogP contribution in [-0.2, 0) is 25.9 Å². The number of aliphatic imine (C=N–C) groups is 2. The Morgan fingerprint density at radius 1 is 0.727 bits per heavy atom. The van der Waals surface area contributed by atoms with Crippen LogP contribution in [0, 0.1) is 38.2 Å². The quantitative estimate of drug-likeness (QED) is 0.0647. The molecule has 0 fully saturated rings. The Bertz CT molecular complexity index is 2880. The number of nitrogen functional groups attached to an aromatic ring is 1. The lowest BCUT2D eigenvalue weighted by Crippen LogP contribution is -2.35. The van der Waals surface area contributed by atoms with Crippen molar-refractivity contribution in [3.05, 3.63) is 82.4 Å². The van der Waals surface area contributed by atoms with Gasteiger partial charge in [-0.25, -0.2) is 36.8 Å². The second-order valence-corrected chi connectivity index (χ2v) is 16.1. The van der Waals surface area contributed by atoms with Crippen molar-refractivity contribution in [3.63, 3.8) is 0 Å². The summed E-state index contributed by atoms with van der Waals surface area (Å²) in [5.41, 5.74) is 7.26. The second kappa shape index (κ2) is 23.1. The summed E-state index contributed by atoms with van der Waals surface area (Å²) in [6.07, 6.45) is 1.41. The minimum Gasteiger partial charge on any atom is -0.398 e. The number of carbonyl (C=O) groups is 3. The summed E-state index contributed by atoms with van der Waals surface area (Å²) in [4.78, 5) is 56.4. The van der Waals surface area contributed by atoms with E-state index >= 15 is 0 Å². The van der Waals surface area contributed by atoms with E-state index in [1.54, 1.807) is 39.8 Å². The Balaban J connectivity index is 0.000000219. The van der Waals surface area contributed by atoms with E-state index in [1.807, 2.05) is 13.8 Å². The van der Waals surface area contributed by atoms with Gasteiger partial charge in [-0.2, -0.15) is 9.98 Å². The topological polar surface area (TPSA) is 289 Å². The van der Waals surface area contributed by atoms with Gasteiger partial charge in [-0.1, -0.05) is 26.9 Å². The average molecular weight is 1130 g/mol. The number of benzene rings is 3. The first-order valence-electron chi connectivity index (χ1n) is 18.6. The molecule has 0 bridgehead atoms. The fourth-order valence-electron chi connectivity index (χ4n) is 5.53. The molecule has 66 heavy (non-hydrogen) atoms. The molecule has 0 saturated heterocycles. The molecular weight excluding hydrogens is 1090 g/mol. The molecule has 0 aliphatic heterocycles. The zero-order chi connectivity index (χ0) is 49.2. The maximum Gasteiger partial charge on any atom is 0.321 e. The van der Waals surface area contributed by atoms with Crippen molar-refractivity contribution in [2.24, 2.45) is 31.1 Å². The third-order valence-corrected chi connectivity index (χ3v) is 11.2. The third kappa shape index (κ3) is 12.2. The fourth-order valence-corrected chi connectivity index (χ4v) is 7.52. The van der Waals surface area contributed by atoms with Crippen molar-refractivity contribution in [1.29, 1.82) is 0 Å². The second-order valence-electron chi connectivity index (χ2n) is 13.1. The first-order chi connectivity index (χ1) is 31.2. The van der Waals surface area contributed by atoms with Crippen LogP contribution in [0.1, 0.15) is 56.8 Å². The van der Waals surface area contributed by atoms with Gasteiger partial charge in [-0.3, -0.25) is 20.2 Å². The Morgan fingerprint density at radius 3 is 1.67 bits per heavy atom. The van der Waals surface area contributed by atoms with E-state index in [0.717, 1.165) is 18.2 Å². The number of nitrogens with two attached hydrogens (primary N) is 1. The van der Waals surface area contributed by atoms with Crippen LogP contribution in [0.15, 0.2) is 41.6 Å². The van der Waals surface area contributed by atoms with Crippen molar-refractivity contribution < 1.29 is 32.3 Å². The molecule has 0 saturated carbocycles. The van der Waals surface area contributed by atoms with Crippen LogP contribution >= 0.6 is 59.4 Å². The number of anilines is 4. The molecule has 348 valence electrons. The largest absolute Gasteiger partial charge is 0.398 e. The molecular formula is C36H36Br3ClF3N19O4. The Kier molecular flexibility index (Phi) is 18.2. The lowest BCUT2D eigenvalue weighted by Gasteiger charge is -2.21. The van der Waals surface area contributed by atoms with Crippen LogP contribution in [0.3, 0.4) is 0 Å². The molecule has 30 heteroatoms. The number of tetrazole rings is 3. The van der Waals surface area contributed by atoms with Crippen LogP contribution in [0.4, 0.5) is 52.9 Å². The van der Waals surface area contributed by atoms with E-state index in [1.165, 1.54) is 27.2 Å². The van der Waals surface area contributed by atoms with Gasteiger partial charge in [-0.05, 0) is 149 Å². The number of rotatable bonds is 10. The third-order valence-electron chi connectivity index (χ3n) is 9.05. The van der Waals surface area contributed by atoms with Crippen molar-refractivity contribution in [1.82, 2.24) is 65.5 Å². The molecule has 3 aromatic heterocycles. The Morgan fingerprint density at radius 2 is 1.20 bits per heavy atom. The highest BCUT2D eigenvalue weighted by molar-refractivity contribution is 9.11. The predicted molar refractivity (Wildman–Crippen MR) is 245 cm³/mol. The minimum absolute atomic E-state index is 0.0110. The van der Waals surface area contributed by atoms with E-state index in [0.29, 0.717) is 49.0 Å². The van der Waals surface area contributed by atoms with Gasteiger partial charge in [0.15, 0.2) is 0 Å².